The third-order valence-corrected chi connectivity index (χ3v) is 6.45. The van der Waals surface area contributed by atoms with Gasteiger partial charge in [0.2, 0.25) is 0 Å². The van der Waals surface area contributed by atoms with E-state index in [0.717, 1.165) is 4.90 Å². The van der Waals surface area contributed by atoms with Crippen molar-refractivity contribution in [3.05, 3.63) is 98.6 Å². The van der Waals surface area contributed by atoms with E-state index < -0.39 is 23.7 Å². The molecular formula is C27H20Cl3N3O5. The predicted molar refractivity (Wildman–Crippen MR) is 147 cm³/mol. The summed E-state index contributed by atoms with van der Waals surface area (Å²) in [6, 6.07) is 17.1. The molecule has 1 aliphatic heterocycles. The van der Waals surface area contributed by atoms with Gasteiger partial charge in [-0.25, -0.2) is 9.69 Å². The SMILES string of the molecule is CC(C)OC(=O)c1cccc(NC(=O)c2cccc(NC3=C(Cl)C(=O)N(c4cccc(Cl)c4Cl)C3=O)c2)c1. The molecular weight excluding hydrogens is 553 g/mol. The van der Waals surface area contributed by atoms with Crippen molar-refractivity contribution in [1.82, 2.24) is 0 Å². The first-order chi connectivity index (χ1) is 18.1. The molecule has 2 N–H and O–H groups in total. The summed E-state index contributed by atoms with van der Waals surface area (Å²) in [5, 5.41) is 5.41. The molecule has 1 heterocycles. The fraction of sp³-hybridized carbons (Fsp3) is 0.111. The number of rotatable bonds is 7. The molecule has 0 aromatic heterocycles. The number of hydrogen-bond donors (Lipinski definition) is 2. The lowest BCUT2D eigenvalue weighted by molar-refractivity contribution is -0.120. The Morgan fingerprint density at radius 2 is 1.47 bits per heavy atom. The molecule has 11 heteroatoms. The highest BCUT2D eigenvalue weighted by Crippen LogP contribution is 2.37. The minimum Gasteiger partial charge on any atom is -0.459 e. The number of imide groups is 1. The van der Waals surface area contributed by atoms with Crippen molar-refractivity contribution in [2.24, 2.45) is 0 Å². The average molecular weight is 573 g/mol. The molecule has 1 aliphatic rings. The van der Waals surface area contributed by atoms with E-state index in [1.54, 1.807) is 56.3 Å². The third-order valence-electron chi connectivity index (χ3n) is 5.29. The maximum absolute atomic E-state index is 13.1. The van der Waals surface area contributed by atoms with Crippen molar-refractivity contribution in [3.63, 3.8) is 0 Å². The summed E-state index contributed by atoms with van der Waals surface area (Å²) < 4.78 is 5.19. The van der Waals surface area contributed by atoms with Gasteiger partial charge < -0.3 is 15.4 Å². The number of anilines is 3. The Morgan fingerprint density at radius 1 is 0.842 bits per heavy atom. The van der Waals surface area contributed by atoms with E-state index in [1.165, 1.54) is 24.3 Å². The van der Waals surface area contributed by atoms with Crippen LogP contribution in [0.1, 0.15) is 34.6 Å². The lowest BCUT2D eigenvalue weighted by Gasteiger charge is -2.17. The molecule has 0 bridgehead atoms. The van der Waals surface area contributed by atoms with Crippen LogP contribution in [0.2, 0.25) is 10.0 Å². The number of benzene rings is 3. The Kier molecular flexibility index (Phi) is 8.06. The first-order valence-electron chi connectivity index (χ1n) is 11.3. The molecule has 0 saturated carbocycles. The molecule has 3 aromatic rings. The Balaban J connectivity index is 1.51. The van der Waals surface area contributed by atoms with Crippen LogP contribution >= 0.6 is 34.8 Å². The van der Waals surface area contributed by atoms with E-state index in [1.807, 2.05) is 0 Å². The van der Waals surface area contributed by atoms with Crippen LogP contribution in [0.4, 0.5) is 17.1 Å². The van der Waals surface area contributed by atoms with Gasteiger partial charge >= 0.3 is 5.97 Å². The zero-order valence-electron chi connectivity index (χ0n) is 20.1. The molecule has 0 unspecified atom stereocenters. The van der Waals surface area contributed by atoms with Crippen LogP contribution in [-0.4, -0.2) is 29.8 Å². The average Bonchev–Trinajstić information content (AvgIpc) is 3.08. The molecule has 8 nitrogen and oxygen atoms in total. The van der Waals surface area contributed by atoms with Gasteiger partial charge in [0.05, 0.1) is 27.4 Å². The lowest BCUT2D eigenvalue weighted by Crippen LogP contribution is -2.32. The minimum absolute atomic E-state index is 0.0294. The third kappa shape index (κ3) is 5.67. The van der Waals surface area contributed by atoms with Crippen LogP contribution in [0.5, 0.6) is 0 Å². The van der Waals surface area contributed by atoms with Crippen molar-refractivity contribution in [3.8, 4) is 0 Å². The summed E-state index contributed by atoms with van der Waals surface area (Å²) in [5.74, 6) is -2.47. The Bertz CT molecular complexity index is 1500. The number of carbonyl (C=O) groups excluding carboxylic acids is 4. The van der Waals surface area contributed by atoms with Crippen LogP contribution in [0.15, 0.2) is 77.5 Å². The van der Waals surface area contributed by atoms with Crippen molar-refractivity contribution >= 4 is 75.6 Å². The summed E-state index contributed by atoms with van der Waals surface area (Å²) in [5.41, 5.74) is 1.18. The first kappa shape index (κ1) is 27.2. The van der Waals surface area contributed by atoms with Gasteiger partial charge in [-0.05, 0) is 62.4 Å². The van der Waals surface area contributed by atoms with Gasteiger partial charge in [-0.1, -0.05) is 53.0 Å². The molecule has 0 saturated heterocycles. The van der Waals surface area contributed by atoms with Gasteiger partial charge in [-0.15, -0.1) is 0 Å². The van der Waals surface area contributed by atoms with Crippen LogP contribution < -0.4 is 15.5 Å². The second-order valence-corrected chi connectivity index (χ2v) is 9.57. The summed E-state index contributed by atoms with van der Waals surface area (Å²) in [4.78, 5) is 51.8. The van der Waals surface area contributed by atoms with Crippen LogP contribution in [0, 0.1) is 0 Å². The highest BCUT2D eigenvalue weighted by Gasteiger charge is 2.40. The molecule has 3 aromatic carbocycles. The second-order valence-electron chi connectivity index (χ2n) is 8.40. The Hall–Kier alpha value is -3.85. The number of amides is 3. The number of nitrogens with zero attached hydrogens (tertiary/aromatic N) is 1. The highest BCUT2D eigenvalue weighted by atomic mass is 35.5. The number of ether oxygens (including phenoxy) is 1. The predicted octanol–water partition coefficient (Wildman–Crippen LogP) is 6.25. The van der Waals surface area contributed by atoms with Crippen molar-refractivity contribution in [1.29, 1.82) is 0 Å². The van der Waals surface area contributed by atoms with Crippen molar-refractivity contribution < 1.29 is 23.9 Å². The molecule has 0 atom stereocenters. The topological polar surface area (TPSA) is 105 Å². The van der Waals surface area contributed by atoms with Crippen LogP contribution in [-0.2, 0) is 14.3 Å². The van der Waals surface area contributed by atoms with Crippen molar-refractivity contribution in [2.45, 2.75) is 20.0 Å². The number of nitrogens with one attached hydrogen (secondary N) is 2. The fourth-order valence-electron chi connectivity index (χ4n) is 3.59. The fourth-order valence-corrected chi connectivity index (χ4v) is 4.18. The quantitative estimate of drug-likeness (QED) is 0.256. The summed E-state index contributed by atoms with van der Waals surface area (Å²) in [6.45, 7) is 3.49. The number of esters is 1. The normalized spacial score (nSPS) is 13.3. The van der Waals surface area contributed by atoms with Gasteiger partial charge in [-0.2, -0.15) is 0 Å². The zero-order valence-corrected chi connectivity index (χ0v) is 22.3. The summed E-state index contributed by atoms with van der Waals surface area (Å²) >= 11 is 18.4. The van der Waals surface area contributed by atoms with Gasteiger partial charge in [0, 0.05) is 16.9 Å². The number of hydrogen-bond acceptors (Lipinski definition) is 6. The van der Waals surface area contributed by atoms with E-state index in [0.29, 0.717) is 16.9 Å². The van der Waals surface area contributed by atoms with Gasteiger partial charge in [0.25, 0.3) is 17.7 Å². The molecule has 38 heavy (non-hydrogen) atoms. The molecule has 194 valence electrons. The minimum atomic E-state index is -0.770. The monoisotopic (exact) mass is 571 g/mol. The number of halogens is 3. The maximum atomic E-state index is 13.1. The number of carbonyl (C=O) groups is 4. The summed E-state index contributed by atoms with van der Waals surface area (Å²) in [6.07, 6.45) is -0.281. The molecule has 3 amide bonds. The molecule has 0 fully saturated rings. The molecule has 0 radical (unpaired) electrons. The lowest BCUT2D eigenvalue weighted by atomic mass is 10.1. The van der Waals surface area contributed by atoms with E-state index in [4.69, 9.17) is 39.5 Å². The first-order valence-corrected chi connectivity index (χ1v) is 12.4. The van der Waals surface area contributed by atoms with E-state index in [-0.39, 0.29) is 38.1 Å². The van der Waals surface area contributed by atoms with Crippen molar-refractivity contribution in [2.75, 3.05) is 15.5 Å². The summed E-state index contributed by atoms with van der Waals surface area (Å²) in [7, 11) is 0. The Morgan fingerprint density at radius 3 is 2.18 bits per heavy atom. The highest BCUT2D eigenvalue weighted by molar-refractivity contribution is 6.54. The standard InChI is InChI=1S/C27H20Cl3N3O5/c1-14(2)38-27(37)16-7-4-9-18(13-16)32-24(34)15-6-3-8-17(12-15)31-23-22(30)25(35)33(26(23)36)20-11-5-10-19(28)21(20)29/h3-14,31H,1-2H3,(H,32,34). The molecule has 0 spiro atoms. The molecule has 4 rings (SSSR count). The van der Waals surface area contributed by atoms with Crippen LogP contribution in [0.25, 0.3) is 0 Å². The largest absolute Gasteiger partial charge is 0.459 e. The zero-order chi connectivity index (χ0) is 27.6. The van der Waals surface area contributed by atoms with Gasteiger partial charge in [0.15, 0.2) is 0 Å². The van der Waals surface area contributed by atoms with Gasteiger partial charge in [-0.3, -0.25) is 14.4 Å². The maximum Gasteiger partial charge on any atom is 0.338 e. The van der Waals surface area contributed by atoms with E-state index >= 15 is 0 Å². The van der Waals surface area contributed by atoms with E-state index in [2.05, 4.69) is 10.6 Å². The smallest absolute Gasteiger partial charge is 0.338 e. The Labute approximate surface area is 233 Å². The van der Waals surface area contributed by atoms with E-state index in [9.17, 15) is 19.2 Å². The van der Waals surface area contributed by atoms with Gasteiger partial charge in [0.1, 0.15) is 10.7 Å². The second kappa shape index (κ2) is 11.3. The van der Waals surface area contributed by atoms with Crippen LogP contribution in [0.3, 0.4) is 0 Å². The molecule has 0 aliphatic carbocycles.